The molecule has 0 N–H and O–H groups in total. The van der Waals surface area contributed by atoms with Crippen molar-refractivity contribution in [1.82, 2.24) is 24.5 Å². The fourth-order valence-corrected chi connectivity index (χ4v) is 3.61. The molecule has 1 aromatic heterocycles. The van der Waals surface area contributed by atoms with Gasteiger partial charge in [0.2, 0.25) is 5.91 Å². The number of ether oxygens (including phenoxy) is 1. The second-order valence-electron chi connectivity index (χ2n) is 7.37. The van der Waals surface area contributed by atoms with Gasteiger partial charge in [0.25, 0.3) is 0 Å². The van der Waals surface area contributed by atoms with Crippen LogP contribution in [0.3, 0.4) is 0 Å². The van der Waals surface area contributed by atoms with E-state index in [1.165, 1.54) is 0 Å². The summed E-state index contributed by atoms with van der Waals surface area (Å²) in [5.41, 5.74) is 3.31. The van der Waals surface area contributed by atoms with Gasteiger partial charge in [0.15, 0.2) is 0 Å². The van der Waals surface area contributed by atoms with Gasteiger partial charge in [-0.05, 0) is 34.9 Å². The normalized spacial score (nSPS) is 19.1. The summed E-state index contributed by atoms with van der Waals surface area (Å²) in [5, 5.41) is 4.59. The zero-order chi connectivity index (χ0) is 19.3. The van der Waals surface area contributed by atoms with Crippen molar-refractivity contribution >= 4 is 5.91 Å². The average Bonchev–Trinajstić information content (AvgIpc) is 2.88. The Kier molecular flexibility index (Phi) is 7.61. The van der Waals surface area contributed by atoms with Crippen molar-refractivity contribution in [1.29, 1.82) is 0 Å². The van der Waals surface area contributed by atoms with Crippen LogP contribution >= 0.6 is 0 Å². The van der Waals surface area contributed by atoms with Crippen LogP contribution in [0.5, 0.6) is 0 Å². The zero-order valence-corrected chi connectivity index (χ0v) is 17.3. The molecule has 1 amide bonds. The monoisotopic (exact) mass is 365 g/mol. The number of amides is 1. The Balaban J connectivity index is 2.11. The summed E-state index contributed by atoms with van der Waals surface area (Å²) in [7, 11) is 5.92. The van der Waals surface area contributed by atoms with Crippen molar-refractivity contribution in [2.75, 3.05) is 54.0 Å². The van der Waals surface area contributed by atoms with Crippen LogP contribution in [-0.4, -0.2) is 90.4 Å². The molecule has 0 spiro atoms. The Labute approximate surface area is 157 Å². The Morgan fingerprint density at radius 2 is 2.04 bits per heavy atom. The number of carbonyl (C=O) groups is 1. The number of likely N-dealkylation sites (N-methyl/N-ethyl adjacent to an activating group) is 2. The maximum atomic E-state index is 13.1. The van der Waals surface area contributed by atoms with Crippen LogP contribution in [0.1, 0.15) is 30.3 Å². The van der Waals surface area contributed by atoms with Crippen molar-refractivity contribution in [3.8, 4) is 0 Å². The molecule has 0 aromatic carbocycles. The van der Waals surface area contributed by atoms with Crippen LogP contribution in [0.25, 0.3) is 0 Å². The van der Waals surface area contributed by atoms with Crippen LogP contribution in [-0.2, 0) is 22.6 Å². The number of methoxy groups -OCH3 is 1. The van der Waals surface area contributed by atoms with Gasteiger partial charge in [-0.1, -0.05) is 0 Å². The summed E-state index contributed by atoms with van der Waals surface area (Å²) >= 11 is 0. The van der Waals surface area contributed by atoms with Gasteiger partial charge in [0.1, 0.15) is 0 Å². The summed E-state index contributed by atoms with van der Waals surface area (Å²) in [6.45, 7) is 11.8. The van der Waals surface area contributed by atoms with Crippen LogP contribution in [0.2, 0.25) is 0 Å². The third kappa shape index (κ3) is 5.05. The van der Waals surface area contributed by atoms with Gasteiger partial charge >= 0.3 is 0 Å². The molecule has 2 heterocycles. The number of aryl methyl sites for hydroxylation is 2. The van der Waals surface area contributed by atoms with Crippen molar-refractivity contribution in [3.05, 3.63) is 17.0 Å². The second-order valence-corrected chi connectivity index (χ2v) is 7.37. The van der Waals surface area contributed by atoms with E-state index in [0.717, 1.165) is 43.1 Å². The highest BCUT2D eigenvalue weighted by atomic mass is 16.5. The lowest BCUT2D eigenvalue weighted by molar-refractivity contribution is -0.134. The van der Waals surface area contributed by atoms with E-state index >= 15 is 0 Å². The molecule has 1 aliphatic rings. The molecule has 0 saturated carbocycles. The zero-order valence-electron chi connectivity index (χ0n) is 17.3. The van der Waals surface area contributed by atoms with Crippen molar-refractivity contribution in [2.24, 2.45) is 0 Å². The predicted molar refractivity (Wildman–Crippen MR) is 103 cm³/mol. The topological polar surface area (TPSA) is 53.8 Å². The molecule has 1 aliphatic heterocycles. The maximum Gasteiger partial charge on any atom is 0.224 e. The SMILES string of the molecule is CCn1nc(C)c(CN(CCOC)C(=O)C[C@@H]2CN(C)CCN2C)c1C. The highest BCUT2D eigenvalue weighted by molar-refractivity contribution is 5.77. The molecule has 148 valence electrons. The maximum absolute atomic E-state index is 13.1. The molecule has 1 aromatic rings. The summed E-state index contributed by atoms with van der Waals surface area (Å²) in [6, 6.07) is 0.270. The molecule has 0 unspecified atom stereocenters. The van der Waals surface area contributed by atoms with Gasteiger partial charge in [0, 0.05) is 70.1 Å². The molecule has 7 nitrogen and oxygen atoms in total. The number of piperazine rings is 1. The van der Waals surface area contributed by atoms with Crippen LogP contribution in [0, 0.1) is 13.8 Å². The molecule has 0 radical (unpaired) electrons. The molecule has 7 heteroatoms. The van der Waals surface area contributed by atoms with Gasteiger partial charge in [0.05, 0.1) is 12.3 Å². The van der Waals surface area contributed by atoms with E-state index in [9.17, 15) is 4.79 Å². The standard InChI is InChI=1S/C19H35N5O2/c1-7-24-16(3)18(15(2)20-24)14-23(10-11-26-6)19(25)12-17-13-21(4)8-9-22(17)5/h17H,7-14H2,1-6H3/t17-/m1/s1. The number of carbonyl (C=O) groups excluding carboxylic acids is 1. The quantitative estimate of drug-likeness (QED) is 0.691. The highest BCUT2D eigenvalue weighted by Gasteiger charge is 2.27. The average molecular weight is 366 g/mol. The molecule has 1 atom stereocenters. The van der Waals surface area contributed by atoms with E-state index in [4.69, 9.17) is 4.74 Å². The number of hydrogen-bond donors (Lipinski definition) is 0. The lowest BCUT2D eigenvalue weighted by Crippen LogP contribution is -2.51. The smallest absolute Gasteiger partial charge is 0.224 e. The Hall–Kier alpha value is -1.44. The minimum Gasteiger partial charge on any atom is -0.383 e. The molecule has 2 rings (SSSR count). The molecular weight excluding hydrogens is 330 g/mol. The van der Waals surface area contributed by atoms with Gasteiger partial charge in [-0.15, -0.1) is 0 Å². The first kappa shape index (κ1) is 20.9. The second kappa shape index (κ2) is 9.48. The molecule has 1 fully saturated rings. The van der Waals surface area contributed by atoms with E-state index in [1.807, 2.05) is 16.5 Å². The van der Waals surface area contributed by atoms with E-state index in [-0.39, 0.29) is 11.9 Å². The summed E-state index contributed by atoms with van der Waals surface area (Å²) in [6.07, 6.45) is 0.546. The van der Waals surface area contributed by atoms with E-state index in [2.05, 4.69) is 42.8 Å². The third-order valence-electron chi connectivity index (χ3n) is 5.49. The molecule has 26 heavy (non-hydrogen) atoms. The molecule has 0 bridgehead atoms. The molecule has 0 aliphatic carbocycles. The van der Waals surface area contributed by atoms with Gasteiger partial charge in [-0.25, -0.2) is 0 Å². The van der Waals surface area contributed by atoms with Crippen LogP contribution < -0.4 is 0 Å². The lowest BCUT2D eigenvalue weighted by Gasteiger charge is -2.38. The fourth-order valence-electron chi connectivity index (χ4n) is 3.61. The van der Waals surface area contributed by atoms with Crippen molar-refractivity contribution in [2.45, 2.75) is 46.3 Å². The largest absolute Gasteiger partial charge is 0.383 e. The predicted octanol–water partition coefficient (Wildman–Crippen LogP) is 1.13. The fraction of sp³-hybridized carbons (Fsp3) is 0.789. The van der Waals surface area contributed by atoms with E-state index in [0.29, 0.717) is 26.1 Å². The number of rotatable bonds is 8. The summed E-state index contributed by atoms with van der Waals surface area (Å²) in [4.78, 5) is 19.6. The van der Waals surface area contributed by atoms with E-state index < -0.39 is 0 Å². The first-order valence-corrected chi connectivity index (χ1v) is 9.55. The lowest BCUT2D eigenvalue weighted by atomic mass is 10.1. The summed E-state index contributed by atoms with van der Waals surface area (Å²) in [5.74, 6) is 0.192. The van der Waals surface area contributed by atoms with Crippen LogP contribution in [0.4, 0.5) is 0 Å². The van der Waals surface area contributed by atoms with Gasteiger partial charge in [-0.3, -0.25) is 9.48 Å². The van der Waals surface area contributed by atoms with Crippen molar-refractivity contribution in [3.63, 3.8) is 0 Å². The Bertz CT molecular complexity index is 601. The minimum absolute atomic E-state index is 0.192. The molecule has 1 saturated heterocycles. The number of hydrogen-bond acceptors (Lipinski definition) is 5. The van der Waals surface area contributed by atoms with E-state index in [1.54, 1.807) is 7.11 Å². The Morgan fingerprint density at radius 3 is 2.65 bits per heavy atom. The summed E-state index contributed by atoms with van der Waals surface area (Å²) < 4.78 is 7.25. The third-order valence-corrected chi connectivity index (χ3v) is 5.49. The Morgan fingerprint density at radius 1 is 1.31 bits per heavy atom. The first-order chi connectivity index (χ1) is 12.4. The first-order valence-electron chi connectivity index (χ1n) is 9.55. The van der Waals surface area contributed by atoms with Crippen molar-refractivity contribution < 1.29 is 9.53 Å². The highest BCUT2D eigenvalue weighted by Crippen LogP contribution is 2.18. The number of nitrogens with zero attached hydrogens (tertiary/aromatic N) is 5. The number of aromatic nitrogens is 2. The minimum atomic E-state index is 0.192. The van der Waals surface area contributed by atoms with Gasteiger partial charge < -0.3 is 19.4 Å². The molecular formula is C19H35N5O2. The van der Waals surface area contributed by atoms with Crippen LogP contribution in [0.15, 0.2) is 0 Å². The van der Waals surface area contributed by atoms with Gasteiger partial charge in [-0.2, -0.15) is 5.10 Å².